The number of nitrogens with zero attached hydrogens (tertiary/aromatic N) is 2. The number of carbonyl (C=O) groups excluding carboxylic acids is 1. The zero-order valence-corrected chi connectivity index (χ0v) is 19.5. The van der Waals surface area contributed by atoms with Gasteiger partial charge in [0.1, 0.15) is 10.7 Å². The number of thiophene rings is 1. The van der Waals surface area contributed by atoms with Crippen molar-refractivity contribution in [2.24, 2.45) is 0 Å². The molecule has 5 rings (SSSR count). The monoisotopic (exact) mass is 457 g/mol. The third-order valence-electron chi connectivity index (χ3n) is 6.49. The lowest BCUT2D eigenvalue weighted by molar-refractivity contribution is 0.0956. The van der Waals surface area contributed by atoms with Crippen LogP contribution in [0.1, 0.15) is 57.4 Å². The van der Waals surface area contributed by atoms with Crippen molar-refractivity contribution in [3.63, 3.8) is 0 Å². The Hall–Kier alpha value is -3.25. The number of aromatic nitrogens is 2. The molecule has 2 aromatic heterocycles. The average Bonchev–Trinajstić information content (AvgIpc) is 3.01. The van der Waals surface area contributed by atoms with Gasteiger partial charge in [0.05, 0.1) is 10.3 Å². The maximum atomic E-state index is 13.3. The number of carbonyl (C=O) groups is 1. The highest BCUT2D eigenvalue weighted by Crippen LogP contribution is 2.29. The highest BCUT2D eigenvalue weighted by Gasteiger charge is 2.23. The molecule has 1 amide bonds. The van der Waals surface area contributed by atoms with E-state index in [1.807, 2.05) is 47.9 Å². The maximum absolute atomic E-state index is 13.3. The van der Waals surface area contributed by atoms with E-state index in [0.29, 0.717) is 28.2 Å². The number of nitrogens with one attached hydrogen (secondary N) is 1. The number of benzene rings is 2. The van der Waals surface area contributed by atoms with E-state index in [9.17, 15) is 9.59 Å². The predicted octanol–water partition coefficient (Wildman–Crippen LogP) is 5.05. The van der Waals surface area contributed by atoms with E-state index in [1.54, 1.807) is 0 Å². The Kier molecular flexibility index (Phi) is 6.09. The lowest BCUT2D eigenvalue weighted by Gasteiger charge is -2.18. The second-order valence-corrected chi connectivity index (χ2v) is 9.61. The van der Waals surface area contributed by atoms with Crippen molar-refractivity contribution in [2.75, 3.05) is 6.54 Å². The van der Waals surface area contributed by atoms with E-state index in [2.05, 4.69) is 29.6 Å². The van der Waals surface area contributed by atoms with Gasteiger partial charge in [0.25, 0.3) is 11.5 Å². The fraction of sp³-hybridized carbons (Fsp3) is 0.296. The van der Waals surface area contributed by atoms with Gasteiger partial charge in [-0.15, -0.1) is 11.3 Å². The van der Waals surface area contributed by atoms with E-state index < -0.39 is 0 Å². The smallest absolute Gasteiger partial charge is 0.262 e. The number of aryl methyl sites for hydroxylation is 2. The number of hydrogen-bond donors (Lipinski definition) is 1. The van der Waals surface area contributed by atoms with Crippen molar-refractivity contribution in [1.82, 2.24) is 14.9 Å². The van der Waals surface area contributed by atoms with Crippen LogP contribution >= 0.6 is 11.3 Å². The summed E-state index contributed by atoms with van der Waals surface area (Å²) >= 11 is 1.33. The van der Waals surface area contributed by atoms with E-state index in [0.717, 1.165) is 48.2 Å². The summed E-state index contributed by atoms with van der Waals surface area (Å²) in [5.74, 6) is 0.754. The molecule has 6 heteroatoms. The zero-order valence-electron chi connectivity index (χ0n) is 18.7. The summed E-state index contributed by atoms with van der Waals surface area (Å²) in [6.07, 6.45) is 3.99. The van der Waals surface area contributed by atoms with Crippen molar-refractivity contribution in [2.45, 2.75) is 45.1 Å². The second kappa shape index (κ2) is 9.32. The maximum Gasteiger partial charge on any atom is 0.262 e. The average molecular weight is 458 g/mol. The van der Waals surface area contributed by atoms with Gasteiger partial charge >= 0.3 is 0 Å². The first kappa shape index (κ1) is 21.6. The SMILES string of the molecule is Cc1c(C(=O)NCC(c2ccccc2)c2ccccc2)sc2nc3n(c(=O)c12)CCCCC3. The molecule has 0 unspecified atom stereocenters. The molecule has 1 aliphatic rings. The van der Waals surface area contributed by atoms with Gasteiger partial charge in [-0.3, -0.25) is 14.2 Å². The highest BCUT2D eigenvalue weighted by molar-refractivity contribution is 7.20. The Balaban J connectivity index is 1.44. The number of rotatable bonds is 5. The number of amides is 1. The van der Waals surface area contributed by atoms with Gasteiger partial charge in [-0.05, 0) is 36.5 Å². The normalized spacial score (nSPS) is 13.6. The molecular weight excluding hydrogens is 430 g/mol. The van der Waals surface area contributed by atoms with Crippen molar-refractivity contribution in [1.29, 1.82) is 0 Å². The minimum absolute atomic E-state index is 0.00357. The molecule has 0 bridgehead atoms. The summed E-state index contributed by atoms with van der Waals surface area (Å²) in [5.41, 5.74) is 3.04. The van der Waals surface area contributed by atoms with Crippen LogP contribution in [0, 0.1) is 6.92 Å². The third kappa shape index (κ3) is 4.23. The quantitative estimate of drug-likeness (QED) is 0.456. The van der Waals surface area contributed by atoms with Crippen LogP contribution in [0.15, 0.2) is 65.5 Å². The first-order valence-electron chi connectivity index (χ1n) is 11.5. The van der Waals surface area contributed by atoms with E-state index >= 15 is 0 Å². The first-order chi connectivity index (χ1) is 16.1. The predicted molar refractivity (Wildman–Crippen MR) is 133 cm³/mol. The Morgan fingerprint density at radius 1 is 1.03 bits per heavy atom. The van der Waals surface area contributed by atoms with Crippen LogP contribution in [0.5, 0.6) is 0 Å². The van der Waals surface area contributed by atoms with E-state index in [-0.39, 0.29) is 17.4 Å². The van der Waals surface area contributed by atoms with Crippen LogP contribution in [0.2, 0.25) is 0 Å². The first-order valence-corrected chi connectivity index (χ1v) is 12.4. The van der Waals surface area contributed by atoms with Crippen molar-refractivity contribution in [3.05, 3.63) is 98.4 Å². The second-order valence-electron chi connectivity index (χ2n) is 8.62. The molecule has 168 valence electrons. The standard InChI is InChI=1S/C27H27N3O2S/c1-18-23-26(29-22-15-9-4-10-16-30(22)27(23)32)33-24(18)25(31)28-17-21(19-11-5-2-6-12-19)20-13-7-3-8-14-20/h2-3,5-8,11-14,21H,4,9-10,15-17H2,1H3,(H,28,31). The molecule has 0 aliphatic carbocycles. The van der Waals surface area contributed by atoms with Crippen LogP contribution in [0.3, 0.4) is 0 Å². The fourth-order valence-electron chi connectivity index (χ4n) is 4.70. The molecule has 0 radical (unpaired) electrons. The molecule has 3 heterocycles. The van der Waals surface area contributed by atoms with Gasteiger partial charge in [-0.2, -0.15) is 0 Å². The molecule has 5 nitrogen and oxygen atoms in total. The minimum Gasteiger partial charge on any atom is -0.350 e. The summed E-state index contributed by atoms with van der Waals surface area (Å²) < 4.78 is 1.82. The van der Waals surface area contributed by atoms with Crippen LogP contribution < -0.4 is 10.9 Å². The molecular formula is C27H27N3O2S. The van der Waals surface area contributed by atoms with Gasteiger partial charge in [-0.1, -0.05) is 67.1 Å². The molecule has 1 aliphatic heterocycles. The number of hydrogen-bond acceptors (Lipinski definition) is 4. The van der Waals surface area contributed by atoms with Crippen LogP contribution in [0.25, 0.3) is 10.2 Å². The largest absolute Gasteiger partial charge is 0.350 e. The van der Waals surface area contributed by atoms with Crippen molar-refractivity contribution >= 4 is 27.5 Å². The van der Waals surface area contributed by atoms with Crippen LogP contribution in [0.4, 0.5) is 0 Å². The Labute approximate surface area is 197 Å². The minimum atomic E-state index is -0.146. The van der Waals surface area contributed by atoms with Crippen molar-refractivity contribution in [3.8, 4) is 0 Å². The summed E-state index contributed by atoms with van der Waals surface area (Å²) in [4.78, 5) is 32.5. The van der Waals surface area contributed by atoms with E-state index in [1.165, 1.54) is 11.3 Å². The number of fused-ring (bicyclic) bond motifs is 2. The van der Waals surface area contributed by atoms with E-state index in [4.69, 9.17) is 4.98 Å². The molecule has 33 heavy (non-hydrogen) atoms. The summed E-state index contributed by atoms with van der Waals surface area (Å²) in [6.45, 7) is 3.06. The van der Waals surface area contributed by atoms with Gasteiger partial charge < -0.3 is 5.32 Å². The molecule has 0 fully saturated rings. The topological polar surface area (TPSA) is 64.0 Å². The summed E-state index contributed by atoms with van der Waals surface area (Å²) in [6, 6.07) is 20.4. The Bertz CT molecular complexity index is 1300. The Morgan fingerprint density at radius 2 is 1.70 bits per heavy atom. The van der Waals surface area contributed by atoms with Crippen molar-refractivity contribution < 1.29 is 4.79 Å². The molecule has 0 saturated heterocycles. The molecule has 0 saturated carbocycles. The highest BCUT2D eigenvalue weighted by atomic mass is 32.1. The fourth-order valence-corrected chi connectivity index (χ4v) is 5.81. The summed E-state index contributed by atoms with van der Waals surface area (Å²) in [7, 11) is 0. The van der Waals surface area contributed by atoms with Crippen LogP contribution in [-0.4, -0.2) is 22.0 Å². The van der Waals surface area contributed by atoms with Gasteiger partial charge in [-0.25, -0.2) is 4.98 Å². The third-order valence-corrected chi connectivity index (χ3v) is 7.67. The zero-order chi connectivity index (χ0) is 22.8. The molecule has 0 atom stereocenters. The van der Waals surface area contributed by atoms with Gasteiger partial charge in [0, 0.05) is 25.4 Å². The molecule has 1 N–H and O–H groups in total. The Morgan fingerprint density at radius 3 is 2.36 bits per heavy atom. The van der Waals surface area contributed by atoms with Gasteiger partial charge in [0.2, 0.25) is 0 Å². The lowest BCUT2D eigenvalue weighted by atomic mass is 9.91. The lowest BCUT2D eigenvalue weighted by Crippen LogP contribution is -2.29. The van der Waals surface area contributed by atoms with Crippen LogP contribution in [-0.2, 0) is 13.0 Å². The van der Waals surface area contributed by atoms with Gasteiger partial charge in [0.15, 0.2) is 0 Å². The summed E-state index contributed by atoms with van der Waals surface area (Å²) in [5, 5.41) is 3.73. The molecule has 2 aromatic carbocycles. The molecule has 4 aromatic rings. The molecule has 0 spiro atoms.